The van der Waals surface area contributed by atoms with Crippen molar-refractivity contribution in [3.05, 3.63) is 68.5 Å². The first-order chi connectivity index (χ1) is 10.1. The number of H-pyrrole nitrogens is 2. The van der Waals surface area contributed by atoms with Gasteiger partial charge in [-0.2, -0.15) is 0 Å². The molecule has 0 saturated carbocycles. The van der Waals surface area contributed by atoms with Crippen LogP contribution in [0.15, 0.2) is 51.7 Å². The van der Waals surface area contributed by atoms with Crippen LogP contribution in [0.2, 0.25) is 0 Å². The summed E-state index contributed by atoms with van der Waals surface area (Å²) in [6.45, 7) is 2.90. The first-order valence-corrected chi connectivity index (χ1v) is 7.61. The van der Waals surface area contributed by atoms with Crippen molar-refractivity contribution < 1.29 is 0 Å². The van der Waals surface area contributed by atoms with E-state index in [1.807, 2.05) is 36.4 Å². The number of benzene rings is 2. The van der Waals surface area contributed by atoms with Crippen molar-refractivity contribution in [2.45, 2.75) is 19.5 Å². The van der Waals surface area contributed by atoms with Gasteiger partial charge in [-0.25, -0.2) is 4.79 Å². The van der Waals surface area contributed by atoms with Gasteiger partial charge < -0.3 is 15.3 Å². The molecule has 0 aliphatic rings. The lowest BCUT2D eigenvalue weighted by atomic mass is 10.1. The van der Waals surface area contributed by atoms with Crippen LogP contribution in [-0.2, 0) is 6.54 Å². The summed E-state index contributed by atoms with van der Waals surface area (Å²) in [5, 5.41) is 3.50. The maximum Gasteiger partial charge on any atom is 0.323 e. The highest BCUT2D eigenvalue weighted by Gasteiger charge is 2.08. The lowest BCUT2D eigenvalue weighted by molar-refractivity contribution is 0.574. The fraction of sp³-hybridized carbons (Fsp3) is 0.188. The van der Waals surface area contributed by atoms with Crippen LogP contribution in [0.1, 0.15) is 24.1 Å². The minimum atomic E-state index is -0.170. The van der Waals surface area contributed by atoms with Crippen LogP contribution < -0.4 is 11.0 Å². The Morgan fingerprint density at radius 2 is 1.90 bits per heavy atom. The zero-order valence-electron chi connectivity index (χ0n) is 11.6. The maximum atomic E-state index is 11.3. The minimum Gasteiger partial charge on any atom is -0.306 e. The predicted octanol–water partition coefficient (Wildman–Crippen LogP) is 3.47. The molecule has 0 aliphatic carbocycles. The Balaban J connectivity index is 1.76. The largest absolute Gasteiger partial charge is 0.323 e. The van der Waals surface area contributed by atoms with E-state index in [1.54, 1.807) is 0 Å². The van der Waals surface area contributed by atoms with Crippen LogP contribution in [0.5, 0.6) is 0 Å². The highest BCUT2D eigenvalue weighted by atomic mass is 79.9. The normalized spacial score (nSPS) is 12.7. The van der Waals surface area contributed by atoms with Crippen LogP contribution in [0.4, 0.5) is 0 Å². The Kier molecular flexibility index (Phi) is 3.94. The number of hydrogen-bond acceptors (Lipinski definition) is 2. The van der Waals surface area contributed by atoms with Gasteiger partial charge >= 0.3 is 5.69 Å². The van der Waals surface area contributed by atoms with Crippen molar-refractivity contribution in [2.75, 3.05) is 0 Å². The van der Waals surface area contributed by atoms with E-state index in [-0.39, 0.29) is 11.7 Å². The van der Waals surface area contributed by atoms with Gasteiger partial charge in [-0.15, -0.1) is 0 Å². The first-order valence-electron chi connectivity index (χ1n) is 6.82. The summed E-state index contributed by atoms with van der Waals surface area (Å²) in [6, 6.07) is 14.3. The molecule has 0 fully saturated rings. The zero-order chi connectivity index (χ0) is 14.8. The van der Waals surface area contributed by atoms with Crippen molar-refractivity contribution in [3.63, 3.8) is 0 Å². The number of halogens is 1. The lowest BCUT2D eigenvalue weighted by Gasteiger charge is -2.15. The van der Waals surface area contributed by atoms with Crippen LogP contribution >= 0.6 is 15.9 Å². The topological polar surface area (TPSA) is 60.7 Å². The van der Waals surface area contributed by atoms with Crippen molar-refractivity contribution >= 4 is 27.0 Å². The molecule has 21 heavy (non-hydrogen) atoms. The second-order valence-electron chi connectivity index (χ2n) is 5.08. The van der Waals surface area contributed by atoms with Crippen molar-refractivity contribution in [1.29, 1.82) is 0 Å². The number of imidazole rings is 1. The van der Waals surface area contributed by atoms with Crippen molar-refractivity contribution in [1.82, 2.24) is 15.3 Å². The van der Waals surface area contributed by atoms with Gasteiger partial charge in [0.05, 0.1) is 11.0 Å². The quantitative estimate of drug-likeness (QED) is 0.677. The third-order valence-corrected chi connectivity index (χ3v) is 4.37. The summed E-state index contributed by atoms with van der Waals surface area (Å²) >= 11 is 3.55. The molecule has 1 heterocycles. The summed E-state index contributed by atoms with van der Waals surface area (Å²) in [7, 11) is 0. The Morgan fingerprint density at radius 1 is 1.14 bits per heavy atom. The van der Waals surface area contributed by atoms with E-state index in [1.165, 1.54) is 5.56 Å². The Hall–Kier alpha value is -1.85. The molecule has 0 bridgehead atoms. The maximum absolute atomic E-state index is 11.3. The molecule has 0 saturated heterocycles. The first kappa shape index (κ1) is 14.1. The molecular formula is C16H16BrN3O. The molecule has 0 spiro atoms. The molecular weight excluding hydrogens is 330 g/mol. The molecule has 1 aromatic heterocycles. The molecule has 1 unspecified atom stereocenters. The van der Waals surface area contributed by atoms with Gasteiger partial charge in [-0.1, -0.05) is 40.2 Å². The second-order valence-corrected chi connectivity index (χ2v) is 5.93. The van der Waals surface area contributed by atoms with Gasteiger partial charge in [-0.3, -0.25) is 0 Å². The smallest absolute Gasteiger partial charge is 0.306 e. The fourth-order valence-electron chi connectivity index (χ4n) is 2.34. The van der Waals surface area contributed by atoms with Crippen LogP contribution in [0.25, 0.3) is 11.0 Å². The summed E-state index contributed by atoms with van der Waals surface area (Å²) in [6.07, 6.45) is 0. The average Bonchev–Trinajstić information content (AvgIpc) is 2.85. The van der Waals surface area contributed by atoms with Gasteiger partial charge in [0, 0.05) is 17.1 Å². The van der Waals surface area contributed by atoms with Crippen molar-refractivity contribution in [3.8, 4) is 0 Å². The van der Waals surface area contributed by atoms with E-state index in [0.717, 1.165) is 27.6 Å². The predicted molar refractivity (Wildman–Crippen MR) is 88.3 cm³/mol. The molecule has 4 nitrogen and oxygen atoms in total. The van der Waals surface area contributed by atoms with E-state index in [2.05, 4.69) is 44.2 Å². The van der Waals surface area contributed by atoms with E-state index in [4.69, 9.17) is 0 Å². The van der Waals surface area contributed by atoms with E-state index in [9.17, 15) is 4.79 Å². The Bertz CT molecular complexity index is 822. The molecule has 2 aromatic carbocycles. The van der Waals surface area contributed by atoms with Crippen LogP contribution in [-0.4, -0.2) is 9.97 Å². The average molecular weight is 346 g/mol. The number of aromatic nitrogens is 2. The Labute approximate surface area is 130 Å². The van der Waals surface area contributed by atoms with Gasteiger partial charge in [0.1, 0.15) is 0 Å². The molecule has 1 atom stereocenters. The van der Waals surface area contributed by atoms with Gasteiger partial charge in [-0.05, 0) is 36.2 Å². The number of fused-ring (bicyclic) bond motifs is 1. The minimum absolute atomic E-state index is 0.170. The number of hydrogen-bond donors (Lipinski definition) is 3. The molecule has 0 radical (unpaired) electrons. The van der Waals surface area contributed by atoms with E-state index in [0.29, 0.717) is 0 Å². The summed E-state index contributed by atoms with van der Waals surface area (Å²) < 4.78 is 1.11. The monoisotopic (exact) mass is 345 g/mol. The second kappa shape index (κ2) is 5.87. The van der Waals surface area contributed by atoms with Gasteiger partial charge in [0.2, 0.25) is 0 Å². The third-order valence-electron chi connectivity index (χ3n) is 3.60. The number of rotatable bonds is 4. The summed E-state index contributed by atoms with van der Waals surface area (Å²) in [5.41, 5.74) is 3.87. The van der Waals surface area contributed by atoms with E-state index < -0.39 is 0 Å². The molecule has 5 heteroatoms. The molecule has 3 N–H and O–H groups in total. The van der Waals surface area contributed by atoms with Gasteiger partial charge in [0.25, 0.3) is 0 Å². The molecule has 108 valence electrons. The Morgan fingerprint density at radius 3 is 2.71 bits per heavy atom. The van der Waals surface area contributed by atoms with Crippen LogP contribution in [0, 0.1) is 0 Å². The molecule has 3 aromatic rings. The van der Waals surface area contributed by atoms with Gasteiger partial charge in [0.15, 0.2) is 0 Å². The molecule has 3 rings (SSSR count). The standard InChI is InChI=1S/C16H16BrN3O/c1-10(18-9-12-4-2-3-5-13(12)17)11-6-7-14-15(8-11)20-16(21)19-14/h2-8,10,18H,9H2,1H3,(H2,19,20,21). The fourth-order valence-corrected chi connectivity index (χ4v) is 2.77. The van der Waals surface area contributed by atoms with Crippen LogP contribution in [0.3, 0.4) is 0 Å². The van der Waals surface area contributed by atoms with Crippen molar-refractivity contribution in [2.24, 2.45) is 0 Å². The highest BCUT2D eigenvalue weighted by Crippen LogP contribution is 2.19. The SMILES string of the molecule is CC(NCc1ccccc1Br)c1ccc2[nH]c(=O)[nH]c2c1. The molecule has 0 amide bonds. The lowest BCUT2D eigenvalue weighted by Crippen LogP contribution is -2.18. The number of aromatic amines is 2. The summed E-state index contributed by atoms with van der Waals surface area (Å²) in [5.74, 6) is 0. The third kappa shape index (κ3) is 3.09. The van der Waals surface area contributed by atoms with E-state index >= 15 is 0 Å². The zero-order valence-corrected chi connectivity index (χ0v) is 13.2. The molecule has 0 aliphatic heterocycles. The summed E-state index contributed by atoms with van der Waals surface area (Å²) in [4.78, 5) is 16.8. The number of nitrogens with one attached hydrogen (secondary N) is 3. The highest BCUT2D eigenvalue weighted by molar-refractivity contribution is 9.10.